The Labute approximate surface area is 157 Å². The van der Waals surface area contributed by atoms with Crippen LogP contribution in [0.4, 0.5) is 0 Å². The van der Waals surface area contributed by atoms with E-state index in [4.69, 9.17) is 23.7 Å². The van der Waals surface area contributed by atoms with Crippen LogP contribution in [0.25, 0.3) is 11.1 Å². The van der Waals surface area contributed by atoms with Gasteiger partial charge in [0.25, 0.3) is 0 Å². The van der Waals surface area contributed by atoms with Gasteiger partial charge in [0, 0.05) is 16.5 Å². The maximum atomic E-state index is 11.9. The zero-order valence-corrected chi connectivity index (χ0v) is 15.7. The Morgan fingerprint density at radius 2 is 1.78 bits per heavy atom. The van der Waals surface area contributed by atoms with Crippen molar-refractivity contribution >= 4 is 5.97 Å². The maximum Gasteiger partial charge on any atom is 0.338 e. The molecule has 2 heterocycles. The Hall–Kier alpha value is -2.73. The van der Waals surface area contributed by atoms with Crippen molar-refractivity contribution in [3.8, 4) is 28.4 Å². The van der Waals surface area contributed by atoms with E-state index in [0.29, 0.717) is 42.6 Å². The van der Waals surface area contributed by atoms with Crippen molar-refractivity contribution < 1.29 is 28.5 Å². The predicted molar refractivity (Wildman–Crippen MR) is 98.5 cm³/mol. The fourth-order valence-corrected chi connectivity index (χ4v) is 3.44. The third-order valence-corrected chi connectivity index (χ3v) is 5.00. The van der Waals surface area contributed by atoms with E-state index in [9.17, 15) is 4.79 Å². The van der Waals surface area contributed by atoms with Crippen LogP contribution in [0, 0.1) is 5.41 Å². The third kappa shape index (κ3) is 3.00. The Kier molecular flexibility index (Phi) is 4.44. The SMILES string of the molecule is COc1ccc(-c2cccc3c2COC3=O)c(OCC2(C)COC2)c1OC. The number of fused-ring (bicyclic) bond motifs is 1. The molecule has 142 valence electrons. The second kappa shape index (κ2) is 6.78. The van der Waals surface area contributed by atoms with E-state index in [1.54, 1.807) is 20.3 Å². The number of carbonyl (C=O) groups is 1. The first kappa shape index (κ1) is 17.7. The predicted octanol–water partition coefficient (Wildman–Crippen LogP) is 3.46. The molecule has 0 saturated carbocycles. The number of carbonyl (C=O) groups excluding carboxylic acids is 1. The van der Waals surface area contributed by atoms with E-state index in [1.165, 1.54) is 0 Å². The topological polar surface area (TPSA) is 63.2 Å². The van der Waals surface area contributed by atoms with E-state index in [1.807, 2.05) is 24.3 Å². The molecule has 0 radical (unpaired) electrons. The molecule has 1 fully saturated rings. The Morgan fingerprint density at radius 3 is 2.44 bits per heavy atom. The van der Waals surface area contributed by atoms with Crippen molar-refractivity contribution in [3.63, 3.8) is 0 Å². The summed E-state index contributed by atoms with van der Waals surface area (Å²) < 4.78 is 27.8. The van der Waals surface area contributed by atoms with Crippen LogP contribution in [0.3, 0.4) is 0 Å². The molecule has 2 aliphatic rings. The van der Waals surface area contributed by atoms with Gasteiger partial charge >= 0.3 is 5.97 Å². The lowest BCUT2D eigenvalue weighted by Gasteiger charge is -2.37. The van der Waals surface area contributed by atoms with Crippen molar-refractivity contribution in [2.24, 2.45) is 5.41 Å². The minimum atomic E-state index is -0.297. The van der Waals surface area contributed by atoms with Gasteiger partial charge in [-0.3, -0.25) is 0 Å². The van der Waals surface area contributed by atoms with Crippen LogP contribution in [-0.2, 0) is 16.1 Å². The number of hydrogen-bond donors (Lipinski definition) is 0. The molecule has 0 bridgehead atoms. The number of methoxy groups -OCH3 is 2. The minimum absolute atomic E-state index is 0.0247. The molecule has 1 saturated heterocycles. The summed E-state index contributed by atoms with van der Waals surface area (Å²) in [6, 6.07) is 9.36. The van der Waals surface area contributed by atoms with Crippen LogP contribution in [0.15, 0.2) is 30.3 Å². The highest BCUT2D eigenvalue weighted by atomic mass is 16.5. The van der Waals surface area contributed by atoms with Gasteiger partial charge in [-0.2, -0.15) is 0 Å². The van der Waals surface area contributed by atoms with Crippen molar-refractivity contribution in [1.29, 1.82) is 0 Å². The normalized spacial score (nSPS) is 16.9. The summed E-state index contributed by atoms with van der Waals surface area (Å²) in [7, 11) is 3.18. The minimum Gasteiger partial charge on any atom is -0.493 e. The number of ether oxygens (including phenoxy) is 5. The number of benzene rings is 2. The van der Waals surface area contributed by atoms with Crippen LogP contribution >= 0.6 is 0 Å². The summed E-state index contributed by atoms with van der Waals surface area (Å²) >= 11 is 0. The highest BCUT2D eigenvalue weighted by Crippen LogP contribution is 2.47. The summed E-state index contributed by atoms with van der Waals surface area (Å²) in [4.78, 5) is 11.9. The van der Waals surface area contributed by atoms with Crippen molar-refractivity contribution in [2.75, 3.05) is 34.0 Å². The second-order valence-corrected chi connectivity index (χ2v) is 7.18. The van der Waals surface area contributed by atoms with E-state index in [-0.39, 0.29) is 18.0 Å². The van der Waals surface area contributed by atoms with Gasteiger partial charge in [-0.25, -0.2) is 4.79 Å². The zero-order chi connectivity index (χ0) is 19.0. The van der Waals surface area contributed by atoms with Gasteiger partial charge in [0.1, 0.15) is 6.61 Å². The molecular formula is C21H22O6. The van der Waals surface area contributed by atoms with Crippen LogP contribution in [-0.4, -0.2) is 40.0 Å². The van der Waals surface area contributed by atoms with E-state index in [0.717, 1.165) is 16.7 Å². The Bertz CT molecular complexity index is 884. The lowest BCUT2D eigenvalue weighted by Crippen LogP contribution is -2.44. The molecule has 2 aliphatic heterocycles. The van der Waals surface area contributed by atoms with Crippen LogP contribution in [0.5, 0.6) is 17.2 Å². The quantitative estimate of drug-likeness (QED) is 0.726. The number of cyclic esters (lactones) is 1. The average molecular weight is 370 g/mol. The molecule has 27 heavy (non-hydrogen) atoms. The summed E-state index contributed by atoms with van der Waals surface area (Å²) in [5.74, 6) is 1.42. The molecule has 6 heteroatoms. The molecule has 0 spiro atoms. The zero-order valence-electron chi connectivity index (χ0n) is 15.7. The maximum absolute atomic E-state index is 11.9. The van der Waals surface area contributed by atoms with Gasteiger partial charge in [0.2, 0.25) is 5.75 Å². The Morgan fingerprint density at radius 1 is 1.00 bits per heavy atom. The summed E-state index contributed by atoms with van der Waals surface area (Å²) in [5.41, 5.74) is 3.16. The van der Waals surface area contributed by atoms with E-state index >= 15 is 0 Å². The summed E-state index contributed by atoms with van der Waals surface area (Å²) in [5, 5.41) is 0. The van der Waals surface area contributed by atoms with Crippen molar-refractivity contribution in [1.82, 2.24) is 0 Å². The smallest absolute Gasteiger partial charge is 0.338 e. The fourth-order valence-electron chi connectivity index (χ4n) is 3.44. The molecule has 0 N–H and O–H groups in total. The van der Waals surface area contributed by atoms with Gasteiger partial charge < -0.3 is 23.7 Å². The fraction of sp³-hybridized carbons (Fsp3) is 0.381. The van der Waals surface area contributed by atoms with Crippen molar-refractivity contribution in [2.45, 2.75) is 13.5 Å². The first-order chi connectivity index (χ1) is 13.1. The van der Waals surface area contributed by atoms with Gasteiger partial charge in [0.15, 0.2) is 11.5 Å². The first-order valence-electron chi connectivity index (χ1n) is 8.81. The number of hydrogen-bond acceptors (Lipinski definition) is 6. The van der Waals surface area contributed by atoms with Gasteiger partial charge in [-0.1, -0.05) is 19.1 Å². The van der Waals surface area contributed by atoms with Gasteiger partial charge in [0.05, 0.1) is 39.6 Å². The van der Waals surface area contributed by atoms with Crippen LogP contribution in [0.1, 0.15) is 22.8 Å². The molecule has 4 rings (SSSR count). The molecule has 0 amide bonds. The monoisotopic (exact) mass is 370 g/mol. The largest absolute Gasteiger partial charge is 0.493 e. The lowest BCUT2D eigenvalue weighted by molar-refractivity contribution is -0.120. The average Bonchev–Trinajstić information content (AvgIpc) is 3.05. The molecule has 0 atom stereocenters. The molecule has 6 nitrogen and oxygen atoms in total. The Balaban J connectivity index is 1.82. The molecule has 2 aromatic rings. The molecular weight excluding hydrogens is 348 g/mol. The highest BCUT2D eigenvalue weighted by molar-refractivity contribution is 5.96. The van der Waals surface area contributed by atoms with Crippen LogP contribution in [0.2, 0.25) is 0 Å². The molecule has 0 unspecified atom stereocenters. The second-order valence-electron chi connectivity index (χ2n) is 7.18. The van der Waals surface area contributed by atoms with E-state index in [2.05, 4.69) is 6.92 Å². The molecule has 0 aromatic heterocycles. The summed E-state index contributed by atoms with van der Waals surface area (Å²) in [6.07, 6.45) is 0. The van der Waals surface area contributed by atoms with Crippen molar-refractivity contribution in [3.05, 3.63) is 41.5 Å². The lowest BCUT2D eigenvalue weighted by atomic mass is 9.90. The standard InChI is InChI=1S/C21H22O6/c1-21(10-25-11-21)12-27-18-14(7-8-17(23-2)19(18)24-3)13-5-4-6-15-16(13)9-26-20(15)22/h4-8H,9-12H2,1-3H3. The summed E-state index contributed by atoms with van der Waals surface area (Å²) in [6.45, 7) is 4.20. The molecule has 0 aliphatic carbocycles. The first-order valence-corrected chi connectivity index (χ1v) is 8.81. The van der Waals surface area contributed by atoms with Crippen LogP contribution < -0.4 is 14.2 Å². The number of esters is 1. The van der Waals surface area contributed by atoms with Gasteiger partial charge in [-0.05, 0) is 23.8 Å². The van der Waals surface area contributed by atoms with Gasteiger partial charge in [-0.15, -0.1) is 0 Å². The highest BCUT2D eigenvalue weighted by Gasteiger charge is 2.35. The third-order valence-electron chi connectivity index (χ3n) is 5.00. The number of rotatable bonds is 6. The molecule has 2 aromatic carbocycles. The van der Waals surface area contributed by atoms with E-state index < -0.39 is 0 Å².